The highest BCUT2D eigenvalue weighted by atomic mass is 16.1. The van der Waals surface area contributed by atoms with Crippen LogP contribution >= 0.6 is 0 Å². The number of amides is 1. The molecule has 0 fully saturated rings. The van der Waals surface area contributed by atoms with E-state index in [-0.39, 0.29) is 17.5 Å². The van der Waals surface area contributed by atoms with Crippen LogP contribution in [0.5, 0.6) is 0 Å². The lowest BCUT2D eigenvalue weighted by Crippen LogP contribution is -2.16. The minimum atomic E-state index is -0.148. The average Bonchev–Trinajstić information content (AvgIpc) is 2.62. The summed E-state index contributed by atoms with van der Waals surface area (Å²) in [7, 11) is 0. The van der Waals surface area contributed by atoms with E-state index in [1.165, 1.54) is 6.92 Å². The fraction of sp³-hybridized carbons (Fsp3) is 0.571. The number of ketones is 2. The van der Waals surface area contributed by atoms with E-state index in [4.69, 9.17) is 0 Å². The van der Waals surface area contributed by atoms with E-state index in [0.717, 1.165) is 63.7 Å². The third-order valence-corrected chi connectivity index (χ3v) is 4.36. The van der Waals surface area contributed by atoms with E-state index in [1.807, 2.05) is 26.0 Å². The van der Waals surface area contributed by atoms with Crippen molar-refractivity contribution in [2.45, 2.75) is 59.3 Å². The van der Waals surface area contributed by atoms with Crippen LogP contribution in [0.4, 0.5) is 5.69 Å². The van der Waals surface area contributed by atoms with Crippen molar-refractivity contribution in [3.63, 3.8) is 0 Å². The van der Waals surface area contributed by atoms with Gasteiger partial charge in [0.15, 0.2) is 11.6 Å². The summed E-state index contributed by atoms with van der Waals surface area (Å²) in [5.41, 5.74) is 1.78. The van der Waals surface area contributed by atoms with Crippen molar-refractivity contribution in [1.82, 2.24) is 5.32 Å². The SMILES string of the molecule is CC(=O)c1cccc(NCCCCCCCCNC=O)c1C(=O)C(C)C. The Labute approximate surface area is 156 Å². The minimum Gasteiger partial charge on any atom is -0.384 e. The summed E-state index contributed by atoms with van der Waals surface area (Å²) in [6, 6.07) is 5.42. The van der Waals surface area contributed by atoms with Gasteiger partial charge in [0, 0.05) is 30.3 Å². The van der Waals surface area contributed by atoms with Crippen molar-refractivity contribution in [2.75, 3.05) is 18.4 Å². The predicted molar refractivity (Wildman–Crippen MR) is 106 cm³/mol. The Balaban J connectivity index is 2.47. The molecule has 0 heterocycles. The second-order valence-electron chi connectivity index (χ2n) is 6.92. The zero-order valence-electron chi connectivity index (χ0n) is 16.3. The number of carbonyl (C=O) groups is 3. The van der Waals surface area contributed by atoms with Crippen LogP contribution in [0.2, 0.25) is 0 Å². The van der Waals surface area contributed by atoms with E-state index in [2.05, 4.69) is 10.6 Å². The number of carbonyl (C=O) groups excluding carboxylic acids is 3. The maximum absolute atomic E-state index is 12.6. The molecule has 0 bridgehead atoms. The molecule has 5 heteroatoms. The molecule has 26 heavy (non-hydrogen) atoms. The van der Waals surface area contributed by atoms with Crippen molar-refractivity contribution in [3.8, 4) is 0 Å². The molecule has 1 amide bonds. The van der Waals surface area contributed by atoms with Crippen LogP contribution in [-0.4, -0.2) is 31.1 Å². The Morgan fingerprint density at radius 3 is 2.19 bits per heavy atom. The van der Waals surface area contributed by atoms with Gasteiger partial charge in [0.1, 0.15) is 0 Å². The van der Waals surface area contributed by atoms with E-state index in [9.17, 15) is 14.4 Å². The molecule has 0 aromatic heterocycles. The van der Waals surface area contributed by atoms with Gasteiger partial charge in [-0.05, 0) is 25.8 Å². The quantitative estimate of drug-likeness (QED) is 0.296. The molecule has 0 saturated heterocycles. The van der Waals surface area contributed by atoms with Crippen molar-refractivity contribution in [2.24, 2.45) is 5.92 Å². The predicted octanol–water partition coefficient (Wildman–Crippen LogP) is 4.23. The highest BCUT2D eigenvalue weighted by molar-refractivity contribution is 6.12. The van der Waals surface area contributed by atoms with Gasteiger partial charge in [0.2, 0.25) is 6.41 Å². The van der Waals surface area contributed by atoms with Crippen LogP contribution in [0.1, 0.15) is 80.0 Å². The van der Waals surface area contributed by atoms with Gasteiger partial charge in [-0.25, -0.2) is 0 Å². The van der Waals surface area contributed by atoms with Gasteiger partial charge < -0.3 is 10.6 Å². The first-order chi connectivity index (χ1) is 12.5. The molecule has 0 unspecified atom stereocenters. The third kappa shape index (κ3) is 7.38. The zero-order chi connectivity index (χ0) is 19.4. The van der Waals surface area contributed by atoms with Gasteiger partial charge in [0.25, 0.3) is 0 Å². The Morgan fingerprint density at radius 1 is 1.00 bits per heavy atom. The molecule has 0 atom stereocenters. The topological polar surface area (TPSA) is 75.3 Å². The molecule has 0 radical (unpaired) electrons. The molecule has 1 rings (SSSR count). The molecule has 2 N–H and O–H groups in total. The smallest absolute Gasteiger partial charge is 0.207 e. The summed E-state index contributed by atoms with van der Waals surface area (Å²) in [6.45, 7) is 6.75. The van der Waals surface area contributed by atoms with Gasteiger partial charge in [-0.1, -0.05) is 51.7 Å². The lowest BCUT2D eigenvalue weighted by atomic mass is 9.93. The highest BCUT2D eigenvalue weighted by Crippen LogP contribution is 2.24. The first-order valence-corrected chi connectivity index (χ1v) is 9.58. The normalized spacial score (nSPS) is 10.6. The highest BCUT2D eigenvalue weighted by Gasteiger charge is 2.20. The summed E-state index contributed by atoms with van der Waals surface area (Å²) in [5.74, 6) is -0.228. The minimum absolute atomic E-state index is 0.00207. The van der Waals surface area contributed by atoms with Gasteiger partial charge in [-0.15, -0.1) is 0 Å². The molecule has 0 aliphatic carbocycles. The van der Waals surface area contributed by atoms with Gasteiger partial charge >= 0.3 is 0 Å². The van der Waals surface area contributed by atoms with Crippen molar-refractivity contribution in [3.05, 3.63) is 29.3 Å². The van der Waals surface area contributed by atoms with Crippen LogP contribution < -0.4 is 10.6 Å². The zero-order valence-corrected chi connectivity index (χ0v) is 16.3. The monoisotopic (exact) mass is 360 g/mol. The van der Waals surface area contributed by atoms with Crippen LogP contribution in [0.3, 0.4) is 0 Å². The Bertz CT molecular complexity index is 597. The molecule has 0 aliphatic rings. The van der Waals surface area contributed by atoms with Crippen molar-refractivity contribution >= 4 is 23.7 Å². The Hall–Kier alpha value is -2.17. The van der Waals surface area contributed by atoms with E-state index in [0.29, 0.717) is 11.1 Å². The van der Waals surface area contributed by atoms with E-state index in [1.54, 1.807) is 6.07 Å². The first-order valence-electron chi connectivity index (χ1n) is 9.58. The molecular formula is C21H32N2O3. The number of unbranched alkanes of at least 4 members (excludes halogenated alkanes) is 5. The number of hydrogen-bond donors (Lipinski definition) is 2. The maximum atomic E-state index is 12.6. The Morgan fingerprint density at radius 2 is 1.62 bits per heavy atom. The fourth-order valence-electron chi connectivity index (χ4n) is 2.89. The van der Waals surface area contributed by atoms with Gasteiger partial charge in [-0.3, -0.25) is 14.4 Å². The summed E-state index contributed by atoms with van der Waals surface area (Å²) < 4.78 is 0. The molecular weight excluding hydrogens is 328 g/mol. The summed E-state index contributed by atoms with van der Waals surface area (Å²) in [5, 5.41) is 6.01. The molecule has 0 spiro atoms. The molecule has 0 aliphatic heterocycles. The lowest BCUT2D eigenvalue weighted by molar-refractivity contribution is -0.109. The maximum Gasteiger partial charge on any atom is 0.207 e. The summed E-state index contributed by atoms with van der Waals surface area (Å²) in [4.78, 5) is 34.6. The van der Waals surface area contributed by atoms with Crippen molar-refractivity contribution < 1.29 is 14.4 Å². The van der Waals surface area contributed by atoms with Crippen LogP contribution in [0.25, 0.3) is 0 Å². The van der Waals surface area contributed by atoms with Gasteiger partial charge in [-0.2, -0.15) is 0 Å². The number of nitrogens with one attached hydrogen (secondary N) is 2. The third-order valence-electron chi connectivity index (χ3n) is 4.36. The lowest BCUT2D eigenvalue weighted by Gasteiger charge is -2.16. The molecule has 144 valence electrons. The summed E-state index contributed by atoms with van der Waals surface area (Å²) >= 11 is 0. The van der Waals surface area contributed by atoms with Crippen molar-refractivity contribution in [1.29, 1.82) is 0 Å². The van der Waals surface area contributed by atoms with E-state index >= 15 is 0 Å². The van der Waals surface area contributed by atoms with Crippen LogP contribution in [0.15, 0.2) is 18.2 Å². The number of anilines is 1. The number of rotatable bonds is 14. The first kappa shape index (κ1) is 21.9. The molecule has 1 aromatic carbocycles. The molecule has 5 nitrogen and oxygen atoms in total. The molecule has 1 aromatic rings. The standard InChI is InChI=1S/C21H32N2O3/c1-16(2)21(26)20-18(17(3)25)11-10-12-19(20)23-14-9-7-5-4-6-8-13-22-15-24/h10-12,15-16,23H,4-9,13-14H2,1-3H3,(H,22,24). The Kier molecular flexibility index (Phi) is 10.3. The van der Waals surface area contributed by atoms with Crippen LogP contribution in [0, 0.1) is 5.92 Å². The number of hydrogen-bond acceptors (Lipinski definition) is 4. The summed E-state index contributed by atoms with van der Waals surface area (Å²) in [6.07, 6.45) is 7.36. The largest absolute Gasteiger partial charge is 0.384 e. The second-order valence-corrected chi connectivity index (χ2v) is 6.92. The average molecular weight is 360 g/mol. The van der Waals surface area contributed by atoms with E-state index < -0.39 is 0 Å². The van der Waals surface area contributed by atoms with Gasteiger partial charge in [0.05, 0.1) is 5.56 Å². The molecule has 0 saturated carbocycles. The second kappa shape index (κ2) is 12.2. The number of benzene rings is 1. The van der Waals surface area contributed by atoms with Crippen LogP contribution in [-0.2, 0) is 4.79 Å². The number of Topliss-reactive ketones (excluding diaryl/α,β-unsaturated/α-hetero) is 2. The fourth-order valence-corrected chi connectivity index (χ4v) is 2.89.